The molecule has 7 nitrogen and oxygen atoms in total. The second-order valence-corrected chi connectivity index (χ2v) is 5.42. The number of carbonyl (C=O) groups excluding carboxylic acids is 1. The molecule has 23 heavy (non-hydrogen) atoms. The number of hydrogen-bond acceptors (Lipinski definition) is 5. The minimum atomic E-state index is -0.434. The zero-order valence-corrected chi connectivity index (χ0v) is 12.5. The first-order chi connectivity index (χ1) is 11.1. The molecule has 1 aliphatic rings. The number of nitrogens with one attached hydrogen (secondary N) is 1. The molecule has 0 spiro atoms. The van der Waals surface area contributed by atoms with Crippen LogP contribution in [-0.2, 0) is 6.54 Å². The standard InChI is InChI=1S/C16H17N3O4/c20-16(17-11-13-4-3-9-23-13)12-5-6-14(15(10-12)19(21)22)18-7-1-2-8-18/h3-6,9-10H,1-2,7-8,11H2,(H,17,20). The number of rotatable bonds is 5. The van der Waals surface area contributed by atoms with Gasteiger partial charge in [0.1, 0.15) is 11.4 Å². The van der Waals surface area contributed by atoms with Crippen molar-refractivity contribution in [3.8, 4) is 0 Å². The van der Waals surface area contributed by atoms with Gasteiger partial charge < -0.3 is 14.6 Å². The van der Waals surface area contributed by atoms with Crippen LogP contribution in [0.15, 0.2) is 41.0 Å². The zero-order valence-electron chi connectivity index (χ0n) is 12.5. The lowest BCUT2D eigenvalue weighted by Crippen LogP contribution is -2.23. The van der Waals surface area contributed by atoms with Crippen LogP contribution in [0.3, 0.4) is 0 Å². The number of hydrogen-bond donors (Lipinski definition) is 1. The molecule has 1 amide bonds. The van der Waals surface area contributed by atoms with Gasteiger partial charge in [-0.15, -0.1) is 0 Å². The van der Waals surface area contributed by atoms with E-state index in [0.29, 0.717) is 11.4 Å². The predicted molar refractivity (Wildman–Crippen MR) is 84.4 cm³/mol. The van der Waals surface area contributed by atoms with Gasteiger partial charge in [0.05, 0.1) is 17.7 Å². The molecule has 3 rings (SSSR count). The Morgan fingerprint density at radius 3 is 2.74 bits per heavy atom. The van der Waals surface area contributed by atoms with Gasteiger partial charge in [0.25, 0.3) is 11.6 Å². The van der Waals surface area contributed by atoms with E-state index in [4.69, 9.17) is 4.42 Å². The van der Waals surface area contributed by atoms with Crippen LogP contribution in [0.2, 0.25) is 0 Å². The average molecular weight is 315 g/mol. The Morgan fingerprint density at radius 2 is 2.09 bits per heavy atom. The summed E-state index contributed by atoms with van der Waals surface area (Å²) < 4.78 is 5.14. The van der Waals surface area contributed by atoms with Gasteiger partial charge in [-0.05, 0) is 37.1 Å². The Bertz CT molecular complexity index is 706. The zero-order chi connectivity index (χ0) is 16.2. The van der Waals surface area contributed by atoms with E-state index in [1.807, 2.05) is 4.90 Å². The van der Waals surface area contributed by atoms with E-state index in [2.05, 4.69) is 5.32 Å². The first-order valence-corrected chi connectivity index (χ1v) is 7.49. The summed E-state index contributed by atoms with van der Waals surface area (Å²) in [6.07, 6.45) is 3.59. The molecule has 0 radical (unpaired) electrons. The van der Waals surface area contributed by atoms with Crippen molar-refractivity contribution in [3.05, 3.63) is 58.0 Å². The lowest BCUT2D eigenvalue weighted by molar-refractivity contribution is -0.384. The summed E-state index contributed by atoms with van der Waals surface area (Å²) in [5.41, 5.74) is 0.818. The fraction of sp³-hybridized carbons (Fsp3) is 0.312. The average Bonchev–Trinajstić information content (AvgIpc) is 3.25. The van der Waals surface area contributed by atoms with Crippen LogP contribution < -0.4 is 10.2 Å². The second-order valence-electron chi connectivity index (χ2n) is 5.42. The molecule has 1 N–H and O–H groups in total. The maximum Gasteiger partial charge on any atom is 0.293 e. The highest BCUT2D eigenvalue weighted by molar-refractivity contribution is 5.95. The Kier molecular flexibility index (Phi) is 4.27. The SMILES string of the molecule is O=C(NCc1ccco1)c1ccc(N2CCCC2)c([N+](=O)[O-])c1. The van der Waals surface area contributed by atoms with Crippen LogP contribution in [0.25, 0.3) is 0 Å². The summed E-state index contributed by atoms with van der Waals surface area (Å²) >= 11 is 0. The number of nitro benzene ring substituents is 1. The van der Waals surface area contributed by atoms with Crippen LogP contribution in [0, 0.1) is 10.1 Å². The minimum Gasteiger partial charge on any atom is -0.467 e. The molecule has 7 heteroatoms. The Hall–Kier alpha value is -2.83. The number of carbonyl (C=O) groups is 1. The van der Waals surface area contributed by atoms with Crippen LogP contribution in [0.1, 0.15) is 29.0 Å². The van der Waals surface area contributed by atoms with Crippen LogP contribution in [0.4, 0.5) is 11.4 Å². The number of nitrogens with zero attached hydrogens (tertiary/aromatic N) is 2. The number of nitro groups is 1. The Labute approximate surface area is 133 Å². The second kappa shape index (κ2) is 6.51. The van der Waals surface area contributed by atoms with E-state index in [0.717, 1.165) is 25.9 Å². The molecule has 2 aromatic rings. The normalized spacial score (nSPS) is 14.0. The molecule has 1 aromatic carbocycles. The summed E-state index contributed by atoms with van der Waals surface area (Å²) in [5.74, 6) is 0.263. The van der Waals surface area contributed by atoms with E-state index in [9.17, 15) is 14.9 Å². The van der Waals surface area contributed by atoms with Gasteiger partial charge in [-0.1, -0.05) is 0 Å². The van der Waals surface area contributed by atoms with E-state index in [-0.39, 0.29) is 23.7 Å². The molecule has 0 aliphatic carbocycles. The van der Waals surface area contributed by atoms with Gasteiger partial charge in [-0.2, -0.15) is 0 Å². The number of anilines is 1. The highest BCUT2D eigenvalue weighted by atomic mass is 16.6. The molecule has 1 fully saturated rings. The van der Waals surface area contributed by atoms with Crippen molar-refractivity contribution in [2.45, 2.75) is 19.4 Å². The smallest absolute Gasteiger partial charge is 0.293 e. The first-order valence-electron chi connectivity index (χ1n) is 7.49. The van der Waals surface area contributed by atoms with Crippen LogP contribution >= 0.6 is 0 Å². The monoisotopic (exact) mass is 315 g/mol. The molecular weight excluding hydrogens is 298 g/mol. The van der Waals surface area contributed by atoms with Crippen molar-refractivity contribution in [2.24, 2.45) is 0 Å². The Balaban J connectivity index is 1.78. The van der Waals surface area contributed by atoms with Crippen molar-refractivity contribution < 1.29 is 14.1 Å². The summed E-state index contributed by atoms with van der Waals surface area (Å²) in [4.78, 5) is 25.0. The van der Waals surface area contributed by atoms with E-state index >= 15 is 0 Å². The maximum absolute atomic E-state index is 12.2. The fourth-order valence-corrected chi connectivity index (χ4v) is 2.72. The van der Waals surface area contributed by atoms with Gasteiger partial charge in [-0.25, -0.2) is 0 Å². The van der Waals surface area contributed by atoms with Crippen LogP contribution in [0.5, 0.6) is 0 Å². The summed E-state index contributed by atoms with van der Waals surface area (Å²) in [7, 11) is 0. The molecule has 0 unspecified atom stereocenters. The van der Waals surface area contributed by atoms with Crippen molar-refractivity contribution in [2.75, 3.05) is 18.0 Å². The minimum absolute atomic E-state index is 0.0300. The number of benzene rings is 1. The molecular formula is C16H17N3O4. The highest BCUT2D eigenvalue weighted by Crippen LogP contribution is 2.31. The molecule has 2 heterocycles. The molecule has 120 valence electrons. The Morgan fingerprint density at radius 1 is 1.30 bits per heavy atom. The summed E-state index contributed by atoms with van der Waals surface area (Å²) in [5, 5.41) is 14.0. The highest BCUT2D eigenvalue weighted by Gasteiger charge is 2.23. The van der Waals surface area contributed by atoms with Gasteiger partial charge >= 0.3 is 0 Å². The lowest BCUT2D eigenvalue weighted by Gasteiger charge is -2.17. The van der Waals surface area contributed by atoms with Gasteiger partial charge in [0.15, 0.2) is 0 Å². The molecule has 1 aliphatic heterocycles. The van der Waals surface area contributed by atoms with Gasteiger partial charge in [0, 0.05) is 24.7 Å². The number of amides is 1. The largest absolute Gasteiger partial charge is 0.467 e. The molecule has 0 atom stereocenters. The number of furan rings is 1. The lowest BCUT2D eigenvalue weighted by atomic mass is 10.1. The van der Waals surface area contributed by atoms with Crippen LogP contribution in [-0.4, -0.2) is 23.9 Å². The van der Waals surface area contributed by atoms with E-state index in [1.165, 1.54) is 12.3 Å². The van der Waals surface area contributed by atoms with E-state index < -0.39 is 4.92 Å². The molecule has 1 saturated heterocycles. The van der Waals surface area contributed by atoms with E-state index in [1.54, 1.807) is 24.3 Å². The third kappa shape index (κ3) is 3.33. The third-order valence-electron chi connectivity index (χ3n) is 3.88. The maximum atomic E-state index is 12.2. The fourth-order valence-electron chi connectivity index (χ4n) is 2.72. The van der Waals surface area contributed by atoms with Crippen molar-refractivity contribution >= 4 is 17.3 Å². The molecule has 0 bridgehead atoms. The summed E-state index contributed by atoms with van der Waals surface area (Å²) in [6, 6.07) is 8.10. The van der Waals surface area contributed by atoms with Crippen molar-refractivity contribution in [1.29, 1.82) is 0 Å². The quantitative estimate of drug-likeness (QED) is 0.677. The van der Waals surface area contributed by atoms with Gasteiger partial charge in [0.2, 0.25) is 0 Å². The molecule has 0 saturated carbocycles. The molecule has 1 aromatic heterocycles. The van der Waals surface area contributed by atoms with Crippen molar-refractivity contribution in [3.63, 3.8) is 0 Å². The third-order valence-corrected chi connectivity index (χ3v) is 3.88. The van der Waals surface area contributed by atoms with Gasteiger partial charge in [-0.3, -0.25) is 14.9 Å². The topological polar surface area (TPSA) is 88.6 Å². The first kappa shape index (κ1) is 15.1. The predicted octanol–water partition coefficient (Wildman–Crippen LogP) is 2.72. The summed E-state index contributed by atoms with van der Waals surface area (Å²) in [6.45, 7) is 1.86. The van der Waals surface area contributed by atoms with Crippen molar-refractivity contribution in [1.82, 2.24) is 5.32 Å².